The van der Waals surface area contributed by atoms with Crippen molar-refractivity contribution >= 4 is 0 Å². The van der Waals surface area contributed by atoms with Crippen molar-refractivity contribution in [3.05, 3.63) is 23.8 Å². The van der Waals surface area contributed by atoms with Crippen molar-refractivity contribution in [1.29, 1.82) is 0 Å². The number of aromatic hydroxyl groups is 1. The van der Waals surface area contributed by atoms with E-state index in [1.54, 1.807) is 6.07 Å². The minimum atomic E-state index is 0.173. The highest BCUT2D eigenvalue weighted by Gasteiger charge is 2.06. The zero-order valence-electron chi connectivity index (χ0n) is 9.12. The Kier molecular flexibility index (Phi) is 4.93. The number of benzene rings is 1. The van der Waals surface area contributed by atoms with Gasteiger partial charge >= 0.3 is 0 Å². The average molecular weight is 211 g/mol. The molecule has 0 heterocycles. The van der Waals surface area contributed by atoms with Crippen LogP contribution < -0.4 is 10.2 Å². The Balaban J connectivity index is 2.66. The number of hydrogen-bond acceptors (Lipinski definition) is 4. The van der Waals surface area contributed by atoms with E-state index in [1.807, 2.05) is 26.0 Å². The van der Waals surface area contributed by atoms with E-state index in [-0.39, 0.29) is 5.75 Å². The van der Waals surface area contributed by atoms with E-state index < -0.39 is 0 Å². The summed E-state index contributed by atoms with van der Waals surface area (Å²) in [4.78, 5) is 4.99. The number of para-hydroxylation sites is 1. The number of phenolic OH excluding ortho intramolecular Hbond substituents is 1. The van der Waals surface area contributed by atoms with Crippen molar-refractivity contribution in [2.75, 3.05) is 13.2 Å². The standard InChI is InChI=1S/C11H17NO3/c1-3-14-10-7-5-6-9(11(10)13)8-12-15-4-2/h5-7,12-13H,3-4,8H2,1-2H3. The van der Waals surface area contributed by atoms with Gasteiger partial charge in [0, 0.05) is 12.1 Å². The lowest BCUT2D eigenvalue weighted by atomic mass is 10.2. The number of rotatable bonds is 6. The van der Waals surface area contributed by atoms with Gasteiger partial charge in [0.05, 0.1) is 13.2 Å². The van der Waals surface area contributed by atoms with Gasteiger partial charge in [-0.15, -0.1) is 0 Å². The van der Waals surface area contributed by atoms with E-state index in [2.05, 4.69) is 5.48 Å². The smallest absolute Gasteiger partial charge is 0.162 e. The summed E-state index contributed by atoms with van der Waals surface area (Å²) in [6, 6.07) is 5.40. The first-order chi connectivity index (χ1) is 7.29. The Labute approximate surface area is 89.8 Å². The molecular formula is C11H17NO3. The van der Waals surface area contributed by atoms with E-state index in [1.165, 1.54) is 0 Å². The quantitative estimate of drug-likeness (QED) is 0.557. The van der Waals surface area contributed by atoms with Crippen molar-refractivity contribution < 1.29 is 14.7 Å². The lowest BCUT2D eigenvalue weighted by Gasteiger charge is -2.10. The summed E-state index contributed by atoms with van der Waals surface area (Å²) in [5.41, 5.74) is 3.50. The van der Waals surface area contributed by atoms with Crippen molar-refractivity contribution in [2.45, 2.75) is 20.4 Å². The molecule has 0 saturated carbocycles. The van der Waals surface area contributed by atoms with Crippen LogP contribution in [0.15, 0.2) is 18.2 Å². The summed E-state index contributed by atoms with van der Waals surface area (Å²) in [5.74, 6) is 0.680. The lowest BCUT2D eigenvalue weighted by Crippen LogP contribution is -2.13. The number of hydrogen-bond donors (Lipinski definition) is 2. The molecule has 0 bridgehead atoms. The summed E-state index contributed by atoms with van der Waals surface area (Å²) in [6.07, 6.45) is 0. The van der Waals surface area contributed by atoms with Crippen LogP contribution in [0.5, 0.6) is 11.5 Å². The highest BCUT2D eigenvalue weighted by Crippen LogP contribution is 2.29. The van der Waals surface area contributed by atoms with Crippen molar-refractivity contribution in [3.8, 4) is 11.5 Å². The van der Waals surface area contributed by atoms with Gasteiger partial charge in [-0.1, -0.05) is 12.1 Å². The Hall–Kier alpha value is -1.26. The number of nitrogens with one attached hydrogen (secondary N) is 1. The molecule has 4 nitrogen and oxygen atoms in total. The first kappa shape index (κ1) is 11.8. The van der Waals surface area contributed by atoms with Crippen LogP contribution in [0.4, 0.5) is 0 Å². The van der Waals surface area contributed by atoms with Crippen LogP contribution in [0.1, 0.15) is 19.4 Å². The molecule has 0 aliphatic carbocycles. The molecule has 1 rings (SSSR count). The van der Waals surface area contributed by atoms with Gasteiger partial charge in [-0.25, -0.2) is 0 Å². The van der Waals surface area contributed by atoms with E-state index in [4.69, 9.17) is 9.57 Å². The second-order valence-electron chi connectivity index (χ2n) is 2.95. The SMILES string of the molecule is CCONCc1cccc(OCC)c1O. The molecule has 0 saturated heterocycles. The topological polar surface area (TPSA) is 50.7 Å². The van der Waals surface area contributed by atoms with Crippen LogP contribution in [-0.4, -0.2) is 18.3 Å². The molecule has 1 aromatic rings. The largest absolute Gasteiger partial charge is 0.504 e. The third-order valence-electron chi connectivity index (χ3n) is 1.89. The highest BCUT2D eigenvalue weighted by molar-refractivity contribution is 5.45. The summed E-state index contributed by atoms with van der Waals surface area (Å²) in [5, 5.41) is 9.80. The van der Waals surface area contributed by atoms with Gasteiger partial charge in [0.25, 0.3) is 0 Å². The predicted octanol–water partition coefficient (Wildman–Crippen LogP) is 1.83. The van der Waals surface area contributed by atoms with Crippen LogP contribution in [0.2, 0.25) is 0 Å². The first-order valence-corrected chi connectivity index (χ1v) is 5.07. The molecule has 0 aliphatic heterocycles. The number of phenols is 1. The molecule has 0 amide bonds. The van der Waals surface area contributed by atoms with Crippen molar-refractivity contribution in [2.24, 2.45) is 0 Å². The van der Waals surface area contributed by atoms with Gasteiger partial charge < -0.3 is 14.7 Å². The zero-order chi connectivity index (χ0) is 11.1. The lowest BCUT2D eigenvalue weighted by molar-refractivity contribution is 0.0458. The molecule has 4 heteroatoms. The second-order valence-corrected chi connectivity index (χ2v) is 2.95. The molecule has 0 aromatic heterocycles. The van der Waals surface area contributed by atoms with Gasteiger partial charge in [-0.2, -0.15) is 5.48 Å². The minimum absolute atomic E-state index is 0.173. The van der Waals surface area contributed by atoms with Crippen molar-refractivity contribution in [1.82, 2.24) is 5.48 Å². The molecule has 84 valence electrons. The van der Waals surface area contributed by atoms with Crippen molar-refractivity contribution in [3.63, 3.8) is 0 Å². The normalized spacial score (nSPS) is 10.3. The summed E-state index contributed by atoms with van der Waals surface area (Å²) < 4.78 is 5.26. The molecule has 0 radical (unpaired) electrons. The second kappa shape index (κ2) is 6.27. The van der Waals surface area contributed by atoms with E-state index in [0.717, 1.165) is 5.56 Å². The molecule has 0 aliphatic rings. The van der Waals surface area contributed by atoms with Gasteiger partial charge in [0.2, 0.25) is 0 Å². The van der Waals surface area contributed by atoms with Gasteiger partial charge in [0.15, 0.2) is 11.5 Å². The fourth-order valence-electron chi connectivity index (χ4n) is 1.21. The maximum absolute atomic E-state index is 9.80. The summed E-state index contributed by atoms with van der Waals surface area (Å²) >= 11 is 0. The van der Waals surface area contributed by atoms with Crippen LogP contribution in [0.25, 0.3) is 0 Å². The summed E-state index contributed by atoms with van der Waals surface area (Å²) in [7, 11) is 0. The molecular weight excluding hydrogens is 194 g/mol. The Bertz CT molecular complexity index is 302. The van der Waals surface area contributed by atoms with E-state index >= 15 is 0 Å². The maximum Gasteiger partial charge on any atom is 0.162 e. The Morgan fingerprint density at radius 3 is 2.73 bits per heavy atom. The van der Waals surface area contributed by atoms with Gasteiger partial charge in [0.1, 0.15) is 0 Å². The third-order valence-corrected chi connectivity index (χ3v) is 1.89. The Morgan fingerprint density at radius 2 is 2.07 bits per heavy atom. The predicted molar refractivity (Wildman–Crippen MR) is 57.7 cm³/mol. The fourth-order valence-corrected chi connectivity index (χ4v) is 1.21. The van der Waals surface area contributed by atoms with Crippen LogP contribution in [-0.2, 0) is 11.4 Å². The van der Waals surface area contributed by atoms with Crippen LogP contribution in [0, 0.1) is 0 Å². The maximum atomic E-state index is 9.80. The molecule has 2 N–H and O–H groups in total. The molecule has 1 aromatic carbocycles. The minimum Gasteiger partial charge on any atom is -0.504 e. The summed E-state index contributed by atoms with van der Waals surface area (Å²) in [6.45, 7) is 5.36. The fraction of sp³-hybridized carbons (Fsp3) is 0.455. The Morgan fingerprint density at radius 1 is 1.27 bits per heavy atom. The molecule has 0 fully saturated rings. The number of hydroxylamine groups is 1. The van der Waals surface area contributed by atoms with Gasteiger partial charge in [-0.3, -0.25) is 0 Å². The first-order valence-electron chi connectivity index (χ1n) is 5.07. The molecule has 0 unspecified atom stereocenters. The average Bonchev–Trinajstić information content (AvgIpc) is 2.24. The molecule has 15 heavy (non-hydrogen) atoms. The van der Waals surface area contributed by atoms with E-state index in [9.17, 15) is 5.11 Å². The molecule has 0 spiro atoms. The van der Waals surface area contributed by atoms with Crippen LogP contribution in [0.3, 0.4) is 0 Å². The zero-order valence-corrected chi connectivity index (χ0v) is 9.12. The number of ether oxygens (including phenoxy) is 1. The third kappa shape index (κ3) is 3.42. The highest BCUT2D eigenvalue weighted by atomic mass is 16.6. The van der Waals surface area contributed by atoms with Gasteiger partial charge in [-0.05, 0) is 19.9 Å². The van der Waals surface area contributed by atoms with Crippen LogP contribution >= 0.6 is 0 Å². The monoisotopic (exact) mass is 211 g/mol. The molecule has 0 atom stereocenters. The van der Waals surface area contributed by atoms with E-state index in [0.29, 0.717) is 25.5 Å².